The Balaban J connectivity index is 1.72. The quantitative estimate of drug-likeness (QED) is 0.632. The van der Waals surface area contributed by atoms with Crippen LogP contribution in [0.1, 0.15) is 23.5 Å². The number of aryl methyl sites for hydroxylation is 1. The predicted molar refractivity (Wildman–Crippen MR) is 89.9 cm³/mol. The fourth-order valence-electron chi connectivity index (χ4n) is 2.91. The zero-order chi connectivity index (χ0) is 16.4. The van der Waals surface area contributed by atoms with Crippen molar-refractivity contribution >= 4 is 22.8 Å². The molecule has 1 saturated heterocycles. The second-order valence-electron chi connectivity index (χ2n) is 5.63. The van der Waals surface area contributed by atoms with E-state index < -0.39 is 0 Å². The molecule has 1 fully saturated rings. The van der Waals surface area contributed by atoms with Crippen molar-refractivity contribution in [1.82, 2.24) is 14.9 Å². The van der Waals surface area contributed by atoms with Crippen molar-refractivity contribution < 1.29 is 4.92 Å². The molecule has 2 aromatic rings. The highest BCUT2D eigenvalue weighted by Crippen LogP contribution is 2.31. The predicted octanol–water partition coefficient (Wildman–Crippen LogP) is 2.64. The van der Waals surface area contributed by atoms with E-state index in [9.17, 15) is 10.1 Å². The van der Waals surface area contributed by atoms with E-state index in [-0.39, 0.29) is 16.7 Å². The maximum absolute atomic E-state index is 11.3. The van der Waals surface area contributed by atoms with Crippen LogP contribution in [-0.2, 0) is 0 Å². The molecule has 2 aromatic heterocycles. The van der Waals surface area contributed by atoms with Gasteiger partial charge in [-0.25, -0.2) is 9.97 Å². The first-order valence-electron chi connectivity index (χ1n) is 7.56. The first-order chi connectivity index (χ1) is 11.1. The average molecular weight is 333 g/mol. The SMILES string of the molecule is Cc1ccnc(N2CCN(C(C)c3nccs3)CC2)c1[N+](=O)[O-]. The number of nitro groups is 1. The van der Waals surface area contributed by atoms with Crippen LogP contribution in [0.5, 0.6) is 0 Å². The minimum atomic E-state index is -0.331. The van der Waals surface area contributed by atoms with Gasteiger partial charge in [0.25, 0.3) is 0 Å². The molecule has 0 aromatic carbocycles. The number of pyridine rings is 1. The van der Waals surface area contributed by atoms with Crippen LogP contribution in [0, 0.1) is 17.0 Å². The summed E-state index contributed by atoms with van der Waals surface area (Å²) < 4.78 is 0. The van der Waals surface area contributed by atoms with Crippen molar-refractivity contribution in [1.29, 1.82) is 0 Å². The number of hydrogen-bond donors (Lipinski definition) is 0. The molecule has 0 N–H and O–H groups in total. The Morgan fingerprint density at radius 1 is 1.26 bits per heavy atom. The summed E-state index contributed by atoms with van der Waals surface area (Å²) in [6.45, 7) is 7.05. The number of anilines is 1. The topological polar surface area (TPSA) is 75.4 Å². The number of piperazine rings is 1. The van der Waals surface area contributed by atoms with Gasteiger partial charge in [0.05, 0.1) is 11.0 Å². The lowest BCUT2D eigenvalue weighted by atomic mass is 10.2. The minimum Gasteiger partial charge on any atom is -0.348 e. The monoisotopic (exact) mass is 333 g/mol. The molecule has 3 heterocycles. The van der Waals surface area contributed by atoms with E-state index in [4.69, 9.17) is 0 Å². The van der Waals surface area contributed by atoms with Gasteiger partial charge in [-0.05, 0) is 19.9 Å². The summed E-state index contributed by atoms with van der Waals surface area (Å²) >= 11 is 1.66. The summed E-state index contributed by atoms with van der Waals surface area (Å²) in [7, 11) is 0. The highest BCUT2D eigenvalue weighted by molar-refractivity contribution is 7.09. The second-order valence-corrected chi connectivity index (χ2v) is 6.55. The van der Waals surface area contributed by atoms with Gasteiger partial charge in [-0.3, -0.25) is 15.0 Å². The van der Waals surface area contributed by atoms with Crippen LogP contribution in [0.4, 0.5) is 11.5 Å². The first kappa shape index (κ1) is 15.8. The smallest absolute Gasteiger partial charge is 0.314 e. The van der Waals surface area contributed by atoms with Crippen LogP contribution in [0.25, 0.3) is 0 Å². The van der Waals surface area contributed by atoms with Crippen LogP contribution in [-0.4, -0.2) is 46.0 Å². The zero-order valence-corrected chi connectivity index (χ0v) is 14.0. The van der Waals surface area contributed by atoms with Crippen LogP contribution in [0.3, 0.4) is 0 Å². The maximum Gasteiger partial charge on any atom is 0.314 e. The molecule has 0 aliphatic carbocycles. The van der Waals surface area contributed by atoms with Crippen molar-refractivity contribution in [2.75, 3.05) is 31.1 Å². The summed E-state index contributed by atoms with van der Waals surface area (Å²) in [6, 6.07) is 1.96. The molecular weight excluding hydrogens is 314 g/mol. The molecule has 23 heavy (non-hydrogen) atoms. The number of rotatable bonds is 4. The standard InChI is InChI=1S/C15H19N5O2S/c1-11-3-4-16-14(13(11)20(21)22)19-8-6-18(7-9-19)12(2)15-17-5-10-23-15/h3-5,10,12H,6-9H2,1-2H3. The molecule has 0 saturated carbocycles. The lowest BCUT2D eigenvalue weighted by molar-refractivity contribution is -0.384. The molecule has 0 radical (unpaired) electrons. The van der Waals surface area contributed by atoms with Crippen LogP contribution in [0.2, 0.25) is 0 Å². The van der Waals surface area contributed by atoms with Crippen LogP contribution >= 0.6 is 11.3 Å². The molecule has 3 rings (SSSR count). The molecule has 7 nitrogen and oxygen atoms in total. The van der Waals surface area contributed by atoms with Gasteiger partial charge in [0.1, 0.15) is 5.01 Å². The molecule has 1 atom stereocenters. The molecule has 0 spiro atoms. The molecule has 8 heteroatoms. The maximum atomic E-state index is 11.3. The van der Waals surface area contributed by atoms with Gasteiger partial charge >= 0.3 is 5.69 Å². The fourth-order valence-corrected chi connectivity index (χ4v) is 3.64. The van der Waals surface area contributed by atoms with Gasteiger partial charge in [0.15, 0.2) is 0 Å². The van der Waals surface area contributed by atoms with Crippen molar-refractivity contribution in [2.45, 2.75) is 19.9 Å². The molecule has 122 valence electrons. The third-order valence-electron chi connectivity index (χ3n) is 4.26. The Labute approximate surface area is 138 Å². The van der Waals surface area contributed by atoms with Gasteiger partial charge in [-0.1, -0.05) is 0 Å². The highest BCUT2D eigenvalue weighted by atomic mass is 32.1. The molecule has 1 aliphatic rings. The number of nitrogens with zero attached hydrogens (tertiary/aromatic N) is 5. The van der Waals surface area contributed by atoms with Gasteiger partial charge < -0.3 is 4.90 Å². The Kier molecular flexibility index (Phi) is 4.53. The third-order valence-corrected chi connectivity index (χ3v) is 5.21. The number of hydrogen-bond acceptors (Lipinski definition) is 7. The van der Waals surface area contributed by atoms with E-state index in [0.717, 1.165) is 31.2 Å². The van der Waals surface area contributed by atoms with Crippen molar-refractivity contribution in [3.05, 3.63) is 44.5 Å². The highest BCUT2D eigenvalue weighted by Gasteiger charge is 2.28. The van der Waals surface area contributed by atoms with E-state index in [1.54, 1.807) is 30.5 Å². The minimum absolute atomic E-state index is 0.119. The van der Waals surface area contributed by atoms with Gasteiger partial charge in [-0.2, -0.15) is 0 Å². The lowest BCUT2D eigenvalue weighted by Gasteiger charge is -2.37. The van der Waals surface area contributed by atoms with Crippen molar-refractivity contribution in [3.63, 3.8) is 0 Å². The third kappa shape index (κ3) is 3.18. The van der Waals surface area contributed by atoms with Crippen molar-refractivity contribution in [2.24, 2.45) is 0 Å². The summed E-state index contributed by atoms with van der Waals surface area (Å²) in [6.07, 6.45) is 3.47. The first-order valence-corrected chi connectivity index (χ1v) is 8.44. The summed E-state index contributed by atoms with van der Waals surface area (Å²) in [5.41, 5.74) is 0.771. The Morgan fingerprint density at radius 2 is 2.00 bits per heavy atom. The fraction of sp³-hybridized carbons (Fsp3) is 0.467. The zero-order valence-electron chi connectivity index (χ0n) is 13.2. The molecular formula is C15H19N5O2S. The van der Waals surface area contributed by atoms with Crippen molar-refractivity contribution in [3.8, 4) is 0 Å². The van der Waals surface area contributed by atoms with E-state index in [2.05, 4.69) is 21.8 Å². The van der Waals surface area contributed by atoms with E-state index in [1.807, 2.05) is 16.5 Å². The van der Waals surface area contributed by atoms with Gasteiger partial charge in [0.2, 0.25) is 5.82 Å². The summed E-state index contributed by atoms with van der Waals surface area (Å²) in [5, 5.41) is 14.4. The van der Waals surface area contributed by atoms with E-state index in [1.165, 1.54) is 0 Å². The molecule has 0 amide bonds. The molecule has 0 bridgehead atoms. The molecule has 1 aliphatic heterocycles. The summed E-state index contributed by atoms with van der Waals surface area (Å²) in [5.74, 6) is 0.483. The normalized spacial score (nSPS) is 17.2. The number of aromatic nitrogens is 2. The van der Waals surface area contributed by atoms with Crippen LogP contribution in [0.15, 0.2) is 23.8 Å². The largest absolute Gasteiger partial charge is 0.348 e. The second kappa shape index (κ2) is 6.59. The Bertz CT molecular complexity index is 683. The van der Waals surface area contributed by atoms with Gasteiger partial charge in [-0.15, -0.1) is 11.3 Å². The average Bonchev–Trinajstić information content (AvgIpc) is 3.08. The van der Waals surface area contributed by atoms with Crippen LogP contribution < -0.4 is 4.90 Å². The van der Waals surface area contributed by atoms with E-state index >= 15 is 0 Å². The number of thiazole rings is 1. The van der Waals surface area contributed by atoms with Gasteiger partial charge in [0, 0.05) is 49.5 Å². The Morgan fingerprint density at radius 3 is 2.61 bits per heavy atom. The lowest BCUT2D eigenvalue weighted by Crippen LogP contribution is -2.47. The Hall–Kier alpha value is -2.06. The van der Waals surface area contributed by atoms with E-state index in [0.29, 0.717) is 11.4 Å². The molecule has 1 unspecified atom stereocenters. The summed E-state index contributed by atoms with van der Waals surface area (Å²) in [4.78, 5) is 24.0.